The van der Waals surface area contributed by atoms with Crippen molar-refractivity contribution >= 4 is 16.8 Å². The largest absolute Gasteiger partial charge is 0.381 e. The summed E-state index contributed by atoms with van der Waals surface area (Å²) in [5, 5.41) is 1.26. The van der Waals surface area contributed by atoms with Crippen molar-refractivity contribution in [3.05, 3.63) is 78.0 Å². The molecule has 32 heavy (non-hydrogen) atoms. The van der Waals surface area contributed by atoms with Crippen molar-refractivity contribution in [3.63, 3.8) is 0 Å². The summed E-state index contributed by atoms with van der Waals surface area (Å²) in [6.45, 7) is 3.03. The maximum atomic E-state index is 13.9. The van der Waals surface area contributed by atoms with Crippen LogP contribution in [0.2, 0.25) is 0 Å². The molecule has 2 fully saturated rings. The summed E-state index contributed by atoms with van der Waals surface area (Å²) in [7, 11) is 0. The molecular weight excluding hydrogens is 396 g/mol. The van der Waals surface area contributed by atoms with Gasteiger partial charge in [0.25, 0.3) is 0 Å². The molecule has 0 saturated carbocycles. The van der Waals surface area contributed by atoms with Crippen LogP contribution < -0.4 is 0 Å². The summed E-state index contributed by atoms with van der Waals surface area (Å²) in [6.07, 6.45) is 7.77. The molecule has 0 bridgehead atoms. The highest BCUT2D eigenvalue weighted by atomic mass is 16.5. The Morgan fingerprint density at radius 1 is 0.969 bits per heavy atom. The lowest BCUT2D eigenvalue weighted by atomic mass is 9.73. The first-order valence-electron chi connectivity index (χ1n) is 12.0. The Labute approximate surface area is 190 Å². The van der Waals surface area contributed by atoms with E-state index in [4.69, 9.17) is 4.74 Å². The van der Waals surface area contributed by atoms with Gasteiger partial charge in [-0.1, -0.05) is 48.5 Å². The summed E-state index contributed by atoms with van der Waals surface area (Å²) in [5.41, 5.74) is 3.17. The molecule has 0 spiro atoms. The molecule has 2 aliphatic heterocycles. The quantitative estimate of drug-likeness (QED) is 0.577. The van der Waals surface area contributed by atoms with E-state index in [1.54, 1.807) is 0 Å². The van der Waals surface area contributed by atoms with E-state index in [0.717, 1.165) is 56.3 Å². The Hall–Kier alpha value is -2.72. The highest BCUT2D eigenvalue weighted by molar-refractivity contribution is 5.88. The van der Waals surface area contributed by atoms with E-state index >= 15 is 0 Å². The number of carbonyl (C=O) groups excluding carboxylic acids is 1. The zero-order chi connectivity index (χ0) is 21.8. The second-order valence-corrected chi connectivity index (χ2v) is 9.34. The number of aromatic nitrogens is 1. The molecule has 0 aliphatic carbocycles. The highest BCUT2D eigenvalue weighted by Crippen LogP contribution is 2.38. The number of benzene rings is 2. The molecule has 4 heteroatoms. The monoisotopic (exact) mass is 428 g/mol. The second kappa shape index (κ2) is 9.41. The molecule has 5 rings (SSSR count). The van der Waals surface area contributed by atoms with E-state index < -0.39 is 5.41 Å². The fourth-order valence-corrected chi connectivity index (χ4v) is 5.63. The van der Waals surface area contributed by atoms with Gasteiger partial charge in [0.2, 0.25) is 5.91 Å². The third kappa shape index (κ3) is 4.16. The van der Waals surface area contributed by atoms with Crippen LogP contribution in [0.15, 0.2) is 66.9 Å². The topological polar surface area (TPSA) is 42.4 Å². The van der Waals surface area contributed by atoms with Crippen LogP contribution in [0, 0.1) is 5.92 Å². The molecule has 4 nitrogen and oxygen atoms in total. The number of carbonyl (C=O) groups is 1. The summed E-state index contributed by atoms with van der Waals surface area (Å²) in [6, 6.07) is 21.0. The fourth-order valence-electron chi connectivity index (χ4n) is 5.63. The summed E-state index contributed by atoms with van der Waals surface area (Å²) < 4.78 is 5.65. The molecule has 2 aliphatic rings. The van der Waals surface area contributed by atoms with E-state index in [0.29, 0.717) is 25.0 Å². The van der Waals surface area contributed by atoms with Gasteiger partial charge in [-0.05, 0) is 67.7 Å². The van der Waals surface area contributed by atoms with Crippen molar-refractivity contribution in [2.75, 3.05) is 26.3 Å². The van der Waals surface area contributed by atoms with Crippen LogP contribution in [0.5, 0.6) is 0 Å². The molecule has 1 amide bonds. The zero-order valence-electron chi connectivity index (χ0n) is 18.7. The molecule has 3 aromatic rings. The third-order valence-electron chi connectivity index (χ3n) is 7.46. The standard InChI is InChI=1S/C28H32N2O2/c31-27(28(14-19-32-20-15-28)24-9-2-1-3-10-24)30-17-6-7-22(13-18-30)21-23-8-4-12-26-25(23)11-5-16-29-26/h1-5,8-12,16,22H,6-7,13-15,17-21H2. The number of nitrogens with zero attached hydrogens (tertiary/aromatic N) is 2. The van der Waals surface area contributed by atoms with Crippen LogP contribution in [0.3, 0.4) is 0 Å². The van der Waals surface area contributed by atoms with Crippen LogP contribution in [-0.2, 0) is 21.4 Å². The molecule has 1 atom stereocenters. The van der Waals surface area contributed by atoms with Crippen molar-refractivity contribution in [2.45, 2.75) is 43.9 Å². The normalized spacial score (nSPS) is 21.2. The summed E-state index contributed by atoms with van der Waals surface area (Å²) >= 11 is 0. The molecule has 2 aromatic carbocycles. The maximum Gasteiger partial charge on any atom is 0.233 e. The second-order valence-electron chi connectivity index (χ2n) is 9.34. The Kier molecular flexibility index (Phi) is 6.22. The molecule has 1 aromatic heterocycles. The van der Waals surface area contributed by atoms with E-state index in [1.165, 1.54) is 17.4 Å². The van der Waals surface area contributed by atoms with Crippen LogP contribution in [0.4, 0.5) is 0 Å². The summed E-state index contributed by atoms with van der Waals surface area (Å²) in [5.74, 6) is 0.906. The predicted molar refractivity (Wildman–Crippen MR) is 128 cm³/mol. The van der Waals surface area contributed by atoms with E-state index in [1.807, 2.05) is 18.3 Å². The molecule has 166 valence electrons. The van der Waals surface area contributed by atoms with Gasteiger partial charge in [0.05, 0.1) is 10.9 Å². The minimum Gasteiger partial charge on any atom is -0.381 e. The lowest BCUT2D eigenvalue weighted by Gasteiger charge is -2.40. The molecule has 2 saturated heterocycles. The Bertz CT molecular complexity index is 1050. The van der Waals surface area contributed by atoms with E-state index in [-0.39, 0.29) is 0 Å². The average molecular weight is 429 g/mol. The van der Waals surface area contributed by atoms with Crippen LogP contribution in [0.25, 0.3) is 10.9 Å². The van der Waals surface area contributed by atoms with Crippen molar-refractivity contribution in [3.8, 4) is 0 Å². The molecule has 1 unspecified atom stereocenters. The van der Waals surface area contributed by atoms with Gasteiger partial charge >= 0.3 is 0 Å². The van der Waals surface area contributed by atoms with Crippen LogP contribution in [0.1, 0.15) is 43.2 Å². The first-order valence-corrected chi connectivity index (χ1v) is 12.0. The average Bonchev–Trinajstić information content (AvgIpc) is 3.10. The molecule has 3 heterocycles. The Morgan fingerprint density at radius 2 is 1.81 bits per heavy atom. The fraction of sp³-hybridized carbons (Fsp3) is 0.429. The lowest BCUT2D eigenvalue weighted by Crippen LogP contribution is -2.50. The minimum absolute atomic E-state index is 0.307. The van der Waals surface area contributed by atoms with Gasteiger partial charge in [-0.3, -0.25) is 9.78 Å². The smallest absolute Gasteiger partial charge is 0.233 e. The van der Waals surface area contributed by atoms with E-state index in [9.17, 15) is 4.79 Å². The number of hydrogen-bond acceptors (Lipinski definition) is 3. The predicted octanol–water partition coefficient (Wildman–Crippen LogP) is 5.15. The minimum atomic E-state index is -0.430. The zero-order valence-corrected chi connectivity index (χ0v) is 18.7. The number of fused-ring (bicyclic) bond motifs is 1. The number of ether oxygens (including phenoxy) is 1. The number of likely N-dealkylation sites (tertiary alicyclic amines) is 1. The number of hydrogen-bond donors (Lipinski definition) is 0. The third-order valence-corrected chi connectivity index (χ3v) is 7.46. The van der Waals surface area contributed by atoms with Crippen molar-refractivity contribution in [1.29, 1.82) is 0 Å². The first-order chi connectivity index (χ1) is 15.8. The van der Waals surface area contributed by atoms with Crippen molar-refractivity contribution < 1.29 is 9.53 Å². The lowest BCUT2D eigenvalue weighted by molar-refractivity contribution is -0.141. The van der Waals surface area contributed by atoms with Crippen LogP contribution >= 0.6 is 0 Å². The van der Waals surface area contributed by atoms with Gasteiger partial charge in [0.15, 0.2) is 0 Å². The van der Waals surface area contributed by atoms with Gasteiger partial charge < -0.3 is 9.64 Å². The SMILES string of the molecule is O=C(N1CCCC(Cc2cccc3ncccc23)CC1)C1(c2ccccc2)CCOCC1. The van der Waals surface area contributed by atoms with Crippen LogP contribution in [-0.4, -0.2) is 42.1 Å². The van der Waals surface area contributed by atoms with Gasteiger partial charge in [0.1, 0.15) is 0 Å². The van der Waals surface area contributed by atoms with Gasteiger partial charge in [-0.2, -0.15) is 0 Å². The molecule has 0 N–H and O–H groups in total. The van der Waals surface area contributed by atoms with Gasteiger partial charge in [-0.15, -0.1) is 0 Å². The van der Waals surface area contributed by atoms with E-state index in [2.05, 4.69) is 58.4 Å². The highest BCUT2D eigenvalue weighted by Gasteiger charge is 2.44. The number of amides is 1. The Morgan fingerprint density at radius 3 is 2.66 bits per heavy atom. The number of rotatable bonds is 4. The summed E-state index contributed by atoms with van der Waals surface area (Å²) in [4.78, 5) is 20.6. The Balaban J connectivity index is 1.32. The maximum absolute atomic E-state index is 13.9. The van der Waals surface area contributed by atoms with Gasteiger partial charge in [0, 0.05) is 37.9 Å². The molecule has 0 radical (unpaired) electrons. The number of pyridine rings is 1. The molecular formula is C28H32N2O2. The van der Waals surface area contributed by atoms with Crippen molar-refractivity contribution in [2.24, 2.45) is 5.92 Å². The first kappa shape index (κ1) is 21.1. The van der Waals surface area contributed by atoms with Crippen molar-refractivity contribution in [1.82, 2.24) is 9.88 Å². The van der Waals surface area contributed by atoms with Gasteiger partial charge in [-0.25, -0.2) is 0 Å².